The molecule has 0 aliphatic carbocycles. The van der Waals surface area contributed by atoms with Crippen molar-refractivity contribution in [1.29, 1.82) is 0 Å². The van der Waals surface area contributed by atoms with Crippen molar-refractivity contribution in [2.45, 2.75) is 12.3 Å². The second-order valence-electron chi connectivity index (χ2n) is 7.01. The van der Waals surface area contributed by atoms with Crippen LogP contribution >= 0.6 is 0 Å². The first kappa shape index (κ1) is 16.6. The number of rotatable bonds is 4. The molecule has 6 nitrogen and oxygen atoms in total. The molecule has 3 heterocycles. The van der Waals surface area contributed by atoms with Gasteiger partial charge >= 0.3 is 0 Å². The highest BCUT2D eigenvalue weighted by atomic mass is 16.5. The van der Waals surface area contributed by atoms with Gasteiger partial charge in [0.1, 0.15) is 0 Å². The fourth-order valence-electron chi connectivity index (χ4n) is 3.57. The number of fused-ring (bicyclic) bond motifs is 1. The number of carbonyl (C=O) groups excluding carboxylic acids is 1. The molecule has 0 atom stereocenters. The van der Waals surface area contributed by atoms with Crippen molar-refractivity contribution in [3.8, 4) is 11.4 Å². The highest BCUT2D eigenvalue weighted by molar-refractivity contribution is 5.90. The number of aromatic nitrogens is 3. The van der Waals surface area contributed by atoms with Gasteiger partial charge in [0.2, 0.25) is 17.6 Å². The lowest BCUT2D eigenvalue weighted by Crippen LogP contribution is -2.49. The van der Waals surface area contributed by atoms with Crippen molar-refractivity contribution in [3.63, 3.8) is 0 Å². The maximum atomic E-state index is 12.7. The van der Waals surface area contributed by atoms with Crippen LogP contribution in [0.15, 0.2) is 71.5 Å². The van der Waals surface area contributed by atoms with E-state index in [2.05, 4.69) is 33.3 Å². The number of benzene rings is 2. The predicted octanol–water partition coefficient (Wildman–Crippen LogP) is 3.45. The quantitative estimate of drug-likeness (QED) is 0.550. The number of amides is 1. The minimum Gasteiger partial charge on any atom is -0.341 e. The van der Waals surface area contributed by atoms with E-state index < -0.39 is 0 Å². The van der Waals surface area contributed by atoms with Crippen LogP contribution in [0.2, 0.25) is 0 Å². The molecule has 0 N–H and O–H groups in total. The zero-order chi connectivity index (χ0) is 18.9. The normalized spacial score (nSPS) is 14.2. The summed E-state index contributed by atoms with van der Waals surface area (Å²) in [6, 6.07) is 18.0. The predicted molar refractivity (Wildman–Crippen MR) is 105 cm³/mol. The first-order valence-electron chi connectivity index (χ1n) is 9.26. The van der Waals surface area contributed by atoms with Crippen molar-refractivity contribution < 1.29 is 9.32 Å². The van der Waals surface area contributed by atoms with E-state index in [1.54, 1.807) is 12.4 Å². The number of pyridine rings is 1. The number of hydrogen-bond donors (Lipinski definition) is 0. The topological polar surface area (TPSA) is 72.1 Å². The summed E-state index contributed by atoms with van der Waals surface area (Å²) in [6.45, 7) is 1.22. The Morgan fingerprint density at radius 3 is 2.79 bits per heavy atom. The Kier molecular flexibility index (Phi) is 4.09. The monoisotopic (exact) mass is 370 g/mol. The SMILES string of the molecule is O=C(Cc1cccc2ccccc12)N1CC(c2nc(-c3cccnc3)no2)C1. The summed E-state index contributed by atoms with van der Waals surface area (Å²) in [5.74, 6) is 1.32. The van der Waals surface area contributed by atoms with Crippen LogP contribution in [0.3, 0.4) is 0 Å². The van der Waals surface area contributed by atoms with Crippen molar-refractivity contribution >= 4 is 16.7 Å². The molecule has 2 aromatic heterocycles. The van der Waals surface area contributed by atoms with Gasteiger partial charge in [0, 0.05) is 31.0 Å². The standard InChI is InChI=1S/C22H18N4O2/c27-20(11-16-7-3-6-15-5-1-2-9-19(15)16)26-13-18(14-26)22-24-21(25-28-22)17-8-4-10-23-12-17/h1-10,12,18H,11,13-14H2. The van der Waals surface area contributed by atoms with Crippen LogP contribution in [0.5, 0.6) is 0 Å². The maximum absolute atomic E-state index is 12.7. The molecule has 138 valence electrons. The second kappa shape index (κ2) is 6.88. The van der Waals surface area contributed by atoms with Crippen LogP contribution in [0, 0.1) is 0 Å². The lowest BCUT2D eigenvalue weighted by Gasteiger charge is -2.37. The molecule has 0 bridgehead atoms. The lowest BCUT2D eigenvalue weighted by atomic mass is 9.97. The summed E-state index contributed by atoms with van der Waals surface area (Å²) in [5, 5.41) is 6.32. The third-order valence-electron chi connectivity index (χ3n) is 5.17. The smallest absolute Gasteiger partial charge is 0.233 e. The molecule has 1 aliphatic rings. The van der Waals surface area contributed by atoms with Gasteiger partial charge in [-0.3, -0.25) is 9.78 Å². The van der Waals surface area contributed by atoms with Crippen LogP contribution in [-0.2, 0) is 11.2 Å². The fraction of sp³-hybridized carbons (Fsp3) is 0.182. The number of carbonyl (C=O) groups is 1. The van der Waals surface area contributed by atoms with Gasteiger partial charge < -0.3 is 9.42 Å². The fourth-order valence-corrected chi connectivity index (χ4v) is 3.57. The van der Waals surface area contributed by atoms with Crippen molar-refractivity contribution in [3.05, 3.63) is 78.4 Å². The number of likely N-dealkylation sites (tertiary alicyclic amines) is 1. The average Bonchev–Trinajstić information content (AvgIpc) is 3.17. The summed E-state index contributed by atoms with van der Waals surface area (Å²) < 4.78 is 5.40. The third kappa shape index (κ3) is 3.03. The van der Waals surface area contributed by atoms with E-state index >= 15 is 0 Å². The Morgan fingerprint density at radius 1 is 1.07 bits per heavy atom. The Bertz CT molecular complexity index is 1130. The van der Waals surface area contributed by atoms with Crippen LogP contribution in [0.1, 0.15) is 17.4 Å². The van der Waals surface area contributed by atoms with Gasteiger partial charge in [-0.1, -0.05) is 47.6 Å². The van der Waals surface area contributed by atoms with Crippen LogP contribution in [-0.4, -0.2) is 39.0 Å². The van der Waals surface area contributed by atoms with E-state index in [-0.39, 0.29) is 11.8 Å². The van der Waals surface area contributed by atoms with Gasteiger partial charge in [0.25, 0.3) is 0 Å². The molecule has 6 heteroatoms. The minimum atomic E-state index is 0.0920. The molecule has 2 aromatic carbocycles. The van der Waals surface area contributed by atoms with E-state index in [4.69, 9.17) is 4.52 Å². The van der Waals surface area contributed by atoms with E-state index in [9.17, 15) is 4.79 Å². The summed E-state index contributed by atoms with van der Waals surface area (Å²) in [7, 11) is 0. The number of hydrogen-bond acceptors (Lipinski definition) is 5. The van der Waals surface area contributed by atoms with Gasteiger partial charge in [0.15, 0.2) is 0 Å². The molecule has 0 unspecified atom stereocenters. The maximum Gasteiger partial charge on any atom is 0.233 e. The minimum absolute atomic E-state index is 0.0920. The molecule has 0 saturated carbocycles. The van der Waals surface area contributed by atoms with Crippen LogP contribution in [0.25, 0.3) is 22.2 Å². The Hall–Kier alpha value is -3.54. The molecule has 0 spiro atoms. The Labute approximate surface area is 161 Å². The molecule has 1 saturated heterocycles. The molecular formula is C22H18N4O2. The molecule has 5 rings (SSSR count). The van der Waals surface area contributed by atoms with Crippen molar-refractivity contribution in [2.24, 2.45) is 0 Å². The molecule has 0 radical (unpaired) electrons. The van der Waals surface area contributed by atoms with Crippen LogP contribution < -0.4 is 0 Å². The van der Waals surface area contributed by atoms with Gasteiger partial charge in [-0.2, -0.15) is 4.98 Å². The number of nitrogens with zero attached hydrogens (tertiary/aromatic N) is 4. The molecular weight excluding hydrogens is 352 g/mol. The molecule has 1 amide bonds. The zero-order valence-corrected chi connectivity index (χ0v) is 15.2. The third-order valence-corrected chi connectivity index (χ3v) is 5.17. The molecule has 4 aromatic rings. The van der Waals surface area contributed by atoms with Crippen molar-refractivity contribution in [2.75, 3.05) is 13.1 Å². The molecule has 28 heavy (non-hydrogen) atoms. The average molecular weight is 370 g/mol. The summed E-state index contributed by atoms with van der Waals surface area (Å²) in [5.41, 5.74) is 1.88. The van der Waals surface area contributed by atoms with Gasteiger partial charge in [0.05, 0.1) is 12.3 Å². The largest absolute Gasteiger partial charge is 0.341 e. The Morgan fingerprint density at radius 2 is 1.93 bits per heavy atom. The molecule has 1 fully saturated rings. The summed E-state index contributed by atoms with van der Waals surface area (Å²) in [4.78, 5) is 23.1. The summed E-state index contributed by atoms with van der Waals surface area (Å²) in [6.07, 6.45) is 3.81. The van der Waals surface area contributed by atoms with Crippen LogP contribution in [0.4, 0.5) is 0 Å². The van der Waals surface area contributed by atoms with Gasteiger partial charge in [-0.25, -0.2) is 0 Å². The highest BCUT2D eigenvalue weighted by Crippen LogP contribution is 2.28. The first-order valence-corrected chi connectivity index (χ1v) is 9.26. The van der Waals surface area contributed by atoms with E-state index in [0.29, 0.717) is 31.2 Å². The highest BCUT2D eigenvalue weighted by Gasteiger charge is 2.35. The second-order valence-corrected chi connectivity index (χ2v) is 7.01. The Balaban J connectivity index is 1.24. The van der Waals surface area contributed by atoms with E-state index in [1.807, 2.05) is 41.3 Å². The van der Waals surface area contributed by atoms with E-state index in [0.717, 1.165) is 21.9 Å². The zero-order valence-electron chi connectivity index (χ0n) is 15.2. The molecule has 1 aliphatic heterocycles. The summed E-state index contributed by atoms with van der Waals surface area (Å²) >= 11 is 0. The van der Waals surface area contributed by atoms with Crippen molar-refractivity contribution in [1.82, 2.24) is 20.0 Å². The van der Waals surface area contributed by atoms with Gasteiger partial charge in [-0.15, -0.1) is 0 Å². The van der Waals surface area contributed by atoms with E-state index in [1.165, 1.54) is 0 Å². The first-order chi connectivity index (χ1) is 13.8. The lowest BCUT2D eigenvalue weighted by molar-refractivity contribution is -0.135. The van der Waals surface area contributed by atoms with Gasteiger partial charge in [-0.05, 0) is 28.5 Å².